The Kier molecular flexibility index (Phi) is 5.15. The Bertz CT molecular complexity index is 909. The van der Waals surface area contributed by atoms with E-state index in [2.05, 4.69) is 26.2 Å². The van der Waals surface area contributed by atoms with Gasteiger partial charge in [0.25, 0.3) is 5.91 Å². The summed E-state index contributed by atoms with van der Waals surface area (Å²) in [6.45, 7) is 1.97. The van der Waals surface area contributed by atoms with E-state index in [1.807, 2.05) is 31.2 Å². The Hall–Kier alpha value is -2.25. The number of benzene rings is 2. The van der Waals surface area contributed by atoms with Crippen molar-refractivity contribution in [3.05, 3.63) is 56.9 Å². The minimum absolute atomic E-state index is 0.0295. The summed E-state index contributed by atoms with van der Waals surface area (Å²) in [5.74, 6) is 0.158. The highest BCUT2D eigenvalue weighted by Gasteiger charge is 2.24. The summed E-state index contributed by atoms with van der Waals surface area (Å²) in [4.78, 5) is 17.2. The standard InChI is InChI=1S/C18H15BrN2O3S/c1-10-5-3-4-6-13(10)20-18-21-17(23)16(25-18)8-11-7-15(24-2)14(22)9-12(11)19/h3-9,22H,1-2H3,(H,20,21,23). The number of nitrogens with zero attached hydrogens (tertiary/aromatic N) is 1. The largest absolute Gasteiger partial charge is 0.504 e. The number of thioether (sulfide) groups is 1. The number of hydrogen-bond acceptors (Lipinski definition) is 5. The molecule has 0 unspecified atom stereocenters. The number of rotatable bonds is 3. The Morgan fingerprint density at radius 2 is 2.08 bits per heavy atom. The van der Waals surface area contributed by atoms with E-state index in [1.165, 1.54) is 24.9 Å². The van der Waals surface area contributed by atoms with Crippen LogP contribution in [0.25, 0.3) is 6.08 Å². The van der Waals surface area contributed by atoms with Crippen molar-refractivity contribution in [3.8, 4) is 11.5 Å². The molecule has 1 aliphatic rings. The van der Waals surface area contributed by atoms with Gasteiger partial charge in [-0.15, -0.1) is 0 Å². The predicted molar refractivity (Wildman–Crippen MR) is 104 cm³/mol. The van der Waals surface area contributed by atoms with Crippen molar-refractivity contribution in [2.75, 3.05) is 7.11 Å². The van der Waals surface area contributed by atoms with Crippen LogP contribution in [0, 0.1) is 6.92 Å². The lowest BCUT2D eigenvalue weighted by atomic mass is 10.2. The SMILES string of the molecule is COc1cc(C=C2SC(=Nc3ccccc3C)NC2=O)c(Br)cc1O. The summed E-state index contributed by atoms with van der Waals surface area (Å²) in [7, 11) is 1.48. The maximum Gasteiger partial charge on any atom is 0.264 e. The van der Waals surface area contributed by atoms with Crippen LogP contribution in [0.5, 0.6) is 11.5 Å². The molecule has 128 valence electrons. The molecule has 0 saturated carbocycles. The van der Waals surface area contributed by atoms with Crippen LogP contribution < -0.4 is 10.1 Å². The summed E-state index contributed by atoms with van der Waals surface area (Å²) in [5, 5.41) is 13.1. The van der Waals surface area contributed by atoms with E-state index in [1.54, 1.807) is 12.1 Å². The molecule has 3 rings (SSSR count). The van der Waals surface area contributed by atoms with Crippen LogP contribution in [-0.4, -0.2) is 23.3 Å². The molecule has 1 fully saturated rings. The lowest BCUT2D eigenvalue weighted by molar-refractivity contribution is -0.115. The monoisotopic (exact) mass is 418 g/mol. The predicted octanol–water partition coefficient (Wildman–Crippen LogP) is 4.36. The second kappa shape index (κ2) is 7.33. The van der Waals surface area contributed by atoms with E-state index in [0.29, 0.717) is 20.3 Å². The number of aryl methyl sites for hydroxylation is 1. The topological polar surface area (TPSA) is 70.9 Å². The molecule has 0 radical (unpaired) electrons. The highest BCUT2D eigenvalue weighted by molar-refractivity contribution is 9.10. The quantitative estimate of drug-likeness (QED) is 0.726. The summed E-state index contributed by atoms with van der Waals surface area (Å²) in [6.07, 6.45) is 1.73. The normalized spacial score (nSPS) is 17.2. The minimum Gasteiger partial charge on any atom is -0.504 e. The maximum absolute atomic E-state index is 12.2. The number of aliphatic imine (C=N–C) groups is 1. The van der Waals surface area contributed by atoms with Gasteiger partial charge in [-0.05, 0) is 54.1 Å². The van der Waals surface area contributed by atoms with Gasteiger partial charge in [-0.25, -0.2) is 4.99 Å². The summed E-state index contributed by atoms with van der Waals surface area (Å²) >= 11 is 4.65. The zero-order valence-corrected chi connectivity index (χ0v) is 15.9. The van der Waals surface area contributed by atoms with Gasteiger partial charge in [-0.2, -0.15) is 0 Å². The first kappa shape index (κ1) is 17.6. The number of phenolic OH excluding ortho intramolecular Hbond substituents is 1. The fourth-order valence-electron chi connectivity index (χ4n) is 2.25. The zero-order valence-electron chi connectivity index (χ0n) is 13.5. The van der Waals surface area contributed by atoms with Crippen molar-refractivity contribution in [2.45, 2.75) is 6.92 Å². The molecule has 7 heteroatoms. The van der Waals surface area contributed by atoms with Crippen molar-refractivity contribution in [2.24, 2.45) is 4.99 Å². The van der Waals surface area contributed by atoms with Gasteiger partial charge in [-0.1, -0.05) is 34.1 Å². The molecule has 2 aromatic carbocycles. The Balaban J connectivity index is 1.91. The lowest BCUT2D eigenvalue weighted by Gasteiger charge is -2.06. The number of para-hydroxylation sites is 1. The van der Waals surface area contributed by atoms with E-state index in [-0.39, 0.29) is 11.7 Å². The number of carbonyl (C=O) groups is 1. The van der Waals surface area contributed by atoms with E-state index in [4.69, 9.17) is 4.74 Å². The number of hydrogen-bond donors (Lipinski definition) is 2. The lowest BCUT2D eigenvalue weighted by Crippen LogP contribution is -2.19. The van der Waals surface area contributed by atoms with Crippen molar-refractivity contribution >= 4 is 50.5 Å². The van der Waals surface area contributed by atoms with E-state index >= 15 is 0 Å². The third kappa shape index (κ3) is 3.88. The molecular weight excluding hydrogens is 404 g/mol. The Morgan fingerprint density at radius 3 is 2.80 bits per heavy atom. The zero-order chi connectivity index (χ0) is 18.0. The number of ether oxygens (including phenoxy) is 1. The van der Waals surface area contributed by atoms with E-state index in [9.17, 15) is 9.90 Å². The van der Waals surface area contributed by atoms with Crippen LogP contribution in [0.15, 0.2) is 50.8 Å². The first-order valence-electron chi connectivity index (χ1n) is 7.39. The number of phenols is 1. The number of amides is 1. The summed E-state index contributed by atoms with van der Waals surface area (Å²) < 4.78 is 5.78. The fourth-order valence-corrected chi connectivity index (χ4v) is 3.52. The highest BCUT2D eigenvalue weighted by Crippen LogP contribution is 2.36. The summed E-state index contributed by atoms with van der Waals surface area (Å²) in [5.41, 5.74) is 2.58. The molecule has 1 saturated heterocycles. The average molecular weight is 419 g/mol. The molecule has 1 aliphatic heterocycles. The number of carbonyl (C=O) groups excluding carboxylic acids is 1. The van der Waals surface area contributed by atoms with Gasteiger partial charge in [0.2, 0.25) is 0 Å². The molecule has 0 spiro atoms. The number of amidine groups is 1. The molecule has 0 aromatic heterocycles. The van der Waals surface area contributed by atoms with Gasteiger partial charge in [-0.3, -0.25) is 4.79 Å². The average Bonchev–Trinajstić information content (AvgIpc) is 2.91. The maximum atomic E-state index is 12.2. The molecular formula is C18H15BrN2O3S. The number of halogens is 1. The first-order chi connectivity index (χ1) is 12.0. The van der Waals surface area contributed by atoms with Crippen LogP contribution in [0.1, 0.15) is 11.1 Å². The molecule has 1 heterocycles. The summed E-state index contributed by atoms with van der Waals surface area (Å²) in [6, 6.07) is 10.9. The van der Waals surface area contributed by atoms with Crippen molar-refractivity contribution < 1.29 is 14.6 Å². The molecule has 0 aliphatic carbocycles. The van der Waals surface area contributed by atoms with Crippen LogP contribution in [0.3, 0.4) is 0 Å². The Labute approximate surface area is 157 Å². The van der Waals surface area contributed by atoms with Crippen LogP contribution in [0.2, 0.25) is 0 Å². The van der Waals surface area contributed by atoms with Crippen LogP contribution in [0.4, 0.5) is 5.69 Å². The van der Waals surface area contributed by atoms with Crippen LogP contribution >= 0.6 is 27.7 Å². The second-order valence-electron chi connectivity index (χ2n) is 5.31. The van der Waals surface area contributed by atoms with E-state index in [0.717, 1.165) is 16.8 Å². The van der Waals surface area contributed by atoms with Crippen molar-refractivity contribution in [1.29, 1.82) is 0 Å². The van der Waals surface area contributed by atoms with Crippen molar-refractivity contribution in [3.63, 3.8) is 0 Å². The highest BCUT2D eigenvalue weighted by atomic mass is 79.9. The number of aromatic hydroxyl groups is 1. The fraction of sp³-hybridized carbons (Fsp3) is 0.111. The van der Waals surface area contributed by atoms with Crippen molar-refractivity contribution in [1.82, 2.24) is 5.32 Å². The molecule has 2 N–H and O–H groups in total. The third-order valence-corrected chi connectivity index (χ3v) is 5.17. The van der Waals surface area contributed by atoms with Gasteiger partial charge >= 0.3 is 0 Å². The molecule has 1 amide bonds. The van der Waals surface area contributed by atoms with Gasteiger partial charge in [0.15, 0.2) is 16.7 Å². The molecule has 5 nitrogen and oxygen atoms in total. The van der Waals surface area contributed by atoms with Gasteiger partial charge in [0, 0.05) is 4.47 Å². The third-order valence-electron chi connectivity index (χ3n) is 3.57. The van der Waals surface area contributed by atoms with Gasteiger partial charge in [0.05, 0.1) is 17.7 Å². The minimum atomic E-state index is -0.212. The van der Waals surface area contributed by atoms with Gasteiger partial charge in [0.1, 0.15) is 0 Å². The Morgan fingerprint density at radius 1 is 1.32 bits per heavy atom. The molecule has 0 bridgehead atoms. The van der Waals surface area contributed by atoms with Gasteiger partial charge < -0.3 is 15.2 Å². The smallest absolute Gasteiger partial charge is 0.264 e. The second-order valence-corrected chi connectivity index (χ2v) is 7.20. The first-order valence-corrected chi connectivity index (χ1v) is 9.00. The van der Waals surface area contributed by atoms with Crippen LogP contribution in [-0.2, 0) is 4.79 Å². The van der Waals surface area contributed by atoms with E-state index < -0.39 is 0 Å². The number of methoxy groups -OCH3 is 1. The molecule has 25 heavy (non-hydrogen) atoms. The number of nitrogens with one attached hydrogen (secondary N) is 1. The molecule has 2 aromatic rings. The molecule has 0 atom stereocenters.